The molecule has 12 heteroatoms. The monoisotopic (exact) mass is 496 g/mol. The van der Waals surface area contributed by atoms with Crippen molar-refractivity contribution in [1.29, 1.82) is 0 Å². The lowest BCUT2D eigenvalue weighted by molar-refractivity contribution is -0.137. The third-order valence-corrected chi connectivity index (χ3v) is 6.99. The fraction of sp³-hybridized carbons (Fsp3) is 0.316. The average molecular weight is 497 g/mol. The molecule has 2 aromatic carbocycles. The Morgan fingerprint density at radius 2 is 1.77 bits per heavy atom. The smallest absolute Gasteiger partial charge is 0.417 e. The van der Waals surface area contributed by atoms with Crippen LogP contribution in [0.15, 0.2) is 41.3 Å². The van der Waals surface area contributed by atoms with E-state index in [-0.39, 0.29) is 21.4 Å². The van der Waals surface area contributed by atoms with Gasteiger partial charge in [0.05, 0.1) is 10.6 Å². The van der Waals surface area contributed by atoms with Gasteiger partial charge in [0.2, 0.25) is 10.0 Å². The molecule has 1 aliphatic rings. The van der Waals surface area contributed by atoms with Crippen LogP contribution in [0.2, 0.25) is 10.0 Å². The maximum atomic E-state index is 13.0. The van der Waals surface area contributed by atoms with Gasteiger partial charge in [-0.05, 0) is 49.2 Å². The lowest BCUT2D eigenvalue weighted by atomic mass is 10.2. The first-order valence-electron chi connectivity index (χ1n) is 9.07. The van der Waals surface area contributed by atoms with E-state index < -0.39 is 39.3 Å². The average Bonchev–Trinajstić information content (AvgIpc) is 3.23. The van der Waals surface area contributed by atoms with Gasteiger partial charge in [-0.2, -0.15) is 17.5 Å². The van der Waals surface area contributed by atoms with E-state index in [4.69, 9.17) is 27.9 Å². The molecule has 1 aliphatic heterocycles. The molecule has 2 aromatic rings. The first kappa shape index (κ1) is 23.6. The maximum Gasteiger partial charge on any atom is 0.417 e. The summed E-state index contributed by atoms with van der Waals surface area (Å²) in [4.78, 5) is 12.0. The van der Waals surface area contributed by atoms with Gasteiger partial charge in [-0.15, -0.1) is 0 Å². The Labute approximate surface area is 186 Å². The van der Waals surface area contributed by atoms with Crippen LogP contribution in [0.1, 0.15) is 18.4 Å². The standard InChI is InChI=1S/C19H17Cl2F3N2O4S/c20-12-3-6-16(17(9-12)31(28,29)26-7-1-2-8-26)30-11-18(27)25-13-4-5-15(21)14(10-13)19(22,23)24/h3-6,9-10H,1-2,7-8,11H2,(H,25,27). The third kappa shape index (κ3) is 5.62. The van der Waals surface area contributed by atoms with Gasteiger partial charge in [-0.3, -0.25) is 4.79 Å². The first-order chi connectivity index (χ1) is 14.5. The number of sulfonamides is 1. The van der Waals surface area contributed by atoms with Gasteiger partial charge >= 0.3 is 6.18 Å². The van der Waals surface area contributed by atoms with Crippen LogP contribution in [0.3, 0.4) is 0 Å². The third-order valence-electron chi connectivity index (χ3n) is 4.50. The highest BCUT2D eigenvalue weighted by molar-refractivity contribution is 7.89. The summed E-state index contributed by atoms with van der Waals surface area (Å²) in [7, 11) is -3.87. The minimum Gasteiger partial charge on any atom is -0.482 e. The summed E-state index contributed by atoms with van der Waals surface area (Å²) in [5.41, 5.74) is -1.23. The molecule has 168 valence electrons. The summed E-state index contributed by atoms with van der Waals surface area (Å²) in [6.07, 6.45) is -3.21. The number of amides is 1. The number of anilines is 1. The number of rotatable bonds is 6. The molecule has 1 heterocycles. The largest absolute Gasteiger partial charge is 0.482 e. The molecule has 1 fully saturated rings. The summed E-state index contributed by atoms with van der Waals surface area (Å²) in [5, 5.41) is 1.94. The maximum absolute atomic E-state index is 13.0. The SMILES string of the molecule is O=C(COc1ccc(Cl)cc1S(=O)(=O)N1CCCC1)Nc1ccc(Cl)c(C(F)(F)F)c1. The highest BCUT2D eigenvalue weighted by Gasteiger charge is 2.33. The van der Waals surface area contributed by atoms with Crippen molar-refractivity contribution in [3.05, 3.63) is 52.0 Å². The summed E-state index contributed by atoms with van der Waals surface area (Å²) < 4.78 is 71.3. The van der Waals surface area contributed by atoms with Gasteiger partial charge in [-0.1, -0.05) is 23.2 Å². The number of nitrogens with zero attached hydrogens (tertiary/aromatic N) is 1. The van der Waals surface area contributed by atoms with Crippen molar-refractivity contribution in [3.8, 4) is 5.75 Å². The molecule has 1 N–H and O–H groups in total. The summed E-state index contributed by atoms with van der Waals surface area (Å²) >= 11 is 11.5. The summed E-state index contributed by atoms with van der Waals surface area (Å²) in [6, 6.07) is 6.89. The van der Waals surface area contributed by atoms with Crippen molar-refractivity contribution in [3.63, 3.8) is 0 Å². The van der Waals surface area contributed by atoms with Crippen LogP contribution >= 0.6 is 23.2 Å². The molecule has 0 spiro atoms. The highest BCUT2D eigenvalue weighted by atomic mass is 35.5. The molecule has 31 heavy (non-hydrogen) atoms. The normalized spacial score (nSPS) is 15.1. The van der Waals surface area contributed by atoms with E-state index in [1.54, 1.807) is 0 Å². The van der Waals surface area contributed by atoms with Gasteiger partial charge in [-0.25, -0.2) is 8.42 Å². The number of carbonyl (C=O) groups excluding carboxylic acids is 1. The summed E-state index contributed by atoms with van der Waals surface area (Å²) in [5.74, 6) is -0.867. The van der Waals surface area contributed by atoms with Crippen LogP contribution in [0.25, 0.3) is 0 Å². The van der Waals surface area contributed by atoms with Crippen molar-refractivity contribution in [2.45, 2.75) is 23.9 Å². The topological polar surface area (TPSA) is 75.7 Å². The number of carbonyl (C=O) groups is 1. The molecule has 0 saturated carbocycles. The molecule has 3 rings (SSSR count). The number of benzene rings is 2. The number of alkyl halides is 3. The summed E-state index contributed by atoms with van der Waals surface area (Å²) in [6.45, 7) is 0.105. The van der Waals surface area contributed by atoms with E-state index in [2.05, 4.69) is 5.32 Å². The Morgan fingerprint density at radius 1 is 1.10 bits per heavy atom. The van der Waals surface area contributed by atoms with E-state index in [9.17, 15) is 26.4 Å². The predicted molar refractivity (Wildman–Crippen MR) is 110 cm³/mol. The number of halogens is 5. The second-order valence-corrected chi connectivity index (χ2v) is 9.48. The minimum absolute atomic E-state index is 0.0847. The van der Waals surface area contributed by atoms with Crippen LogP contribution in [0.4, 0.5) is 18.9 Å². The van der Waals surface area contributed by atoms with Crippen molar-refractivity contribution in [1.82, 2.24) is 4.31 Å². The van der Waals surface area contributed by atoms with E-state index >= 15 is 0 Å². The zero-order valence-electron chi connectivity index (χ0n) is 15.9. The number of nitrogens with one attached hydrogen (secondary N) is 1. The van der Waals surface area contributed by atoms with Crippen LogP contribution in [-0.4, -0.2) is 38.3 Å². The number of hydrogen-bond acceptors (Lipinski definition) is 4. The Morgan fingerprint density at radius 3 is 2.42 bits per heavy atom. The minimum atomic E-state index is -4.68. The molecule has 0 aromatic heterocycles. The molecule has 0 unspecified atom stereocenters. The van der Waals surface area contributed by atoms with E-state index in [0.29, 0.717) is 19.2 Å². The molecule has 6 nitrogen and oxygen atoms in total. The van der Waals surface area contributed by atoms with Crippen LogP contribution in [0.5, 0.6) is 5.75 Å². The molecule has 0 radical (unpaired) electrons. The fourth-order valence-electron chi connectivity index (χ4n) is 3.03. The zero-order chi connectivity index (χ0) is 22.8. The van der Waals surface area contributed by atoms with Crippen molar-refractivity contribution < 1.29 is 31.1 Å². The molecule has 0 aliphatic carbocycles. The van der Waals surface area contributed by atoms with E-state index in [1.807, 2.05) is 0 Å². The van der Waals surface area contributed by atoms with Crippen molar-refractivity contribution >= 4 is 44.8 Å². The highest BCUT2D eigenvalue weighted by Crippen LogP contribution is 2.36. The van der Waals surface area contributed by atoms with Crippen LogP contribution < -0.4 is 10.1 Å². The Balaban J connectivity index is 1.74. The zero-order valence-corrected chi connectivity index (χ0v) is 18.2. The van der Waals surface area contributed by atoms with Gasteiger partial charge in [0, 0.05) is 23.8 Å². The van der Waals surface area contributed by atoms with Gasteiger partial charge in [0.15, 0.2) is 6.61 Å². The molecule has 0 atom stereocenters. The first-order valence-corrected chi connectivity index (χ1v) is 11.3. The van der Waals surface area contributed by atoms with E-state index in [1.165, 1.54) is 28.6 Å². The molecule has 1 amide bonds. The predicted octanol–water partition coefficient (Wildman–Crippen LogP) is 4.81. The number of hydrogen-bond donors (Lipinski definition) is 1. The van der Waals surface area contributed by atoms with Gasteiger partial charge < -0.3 is 10.1 Å². The van der Waals surface area contributed by atoms with Gasteiger partial charge in [0.25, 0.3) is 5.91 Å². The Bertz CT molecular complexity index is 1090. The van der Waals surface area contributed by atoms with E-state index in [0.717, 1.165) is 18.9 Å². The molecule has 0 bridgehead atoms. The Kier molecular flexibility index (Phi) is 7.04. The molecular weight excluding hydrogens is 480 g/mol. The van der Waals surface area contributed by atoms with Gasteiger partial charge in [0.1, 0.15) is 10.6 Å². The van der Waals surface area contributed by atoms with Crippen molar-refractivity contribution in [2.75, 3.05) is 25.0 Å². The second-order valence-electron chi connectivity index (χ2n) is 6.73. The second kappa shape index (κ2) is 9.23. The van der Waals surface area contributed by atoms with Crippen LogP contribution in [0, 0.1) is 0 Å². The molecule has 1 saturated heterocycles. The quantitative estimate of drug-likeness (QED) is 0.622. The fourth-order valence-corrected chi connectivity index (χ4v) is 5.17. The Hall–Kier alpha value is -2.01. The lowest BCUT2D eigenvalue weighted by Crippen LogP contribution is -2.28. The van der Waals surface area contributed by atoms with Crippen molar-refractivity contribution in [2.24, 2.45) is 0 Å². The number of ether oxygens (including phenoxy) is 1. The lowest BCUT2D eigenvalue weighted by Gasteiger charge is -2.18. The van der Waals surface area contributed by atoms with Crippen LogP contribution in [-0.2, 0) is 21.0 Å². The molecular formula is C19H17Cl2F3N2O4S.